The Morgan fingerprint density at radius 3 is 2.36 bits per heavy atom. The molecule has 1 aliphatic rings. The number of hydrogen-bond donors (Lipinski definition) is 0. The molecule has 0 aliphatic carbocycles. The molecule has 0 aromatic heterocycles. The summed E-state index contributed by atoms with van der Waals surface area (Å²) in [5.74, 6) is 0.383. The summed E-state index contributed by atoms with van der Waals surface area (Å²) in [7, 11) is 0. The minimum Gasteiger partial charge on any atom is -0.288 e. The molecular formula is C8H2Cl4O2. The van der Waals surface area contributed by atoms with Gasteiger partial charge in [-0.05, 0) is 23.7 Å². The average molecular weight is 272 g/mol. The van der Waals surface area contributed by atoms with E-state index in [1.165, 1.54) is 0 Å². The van der Waals surface area contributed by atoms with Crippen molar-refractivity contribution < 1.29 is 9.78 Å². The molecule has 0 unspecified atom stereocenters. The van der Waals surface area contributed by atoms with Crippen LogP contribution in [-0.4, -0.2) is 0 Å². The van der Waals surface area contributed by atoms with Gasteiger partial charge in [0.2, 0.25) is 0 Å². The number of fused-ring (bicyclic) bond motifs is 1. The van der Waals surface area contributed by atoms with Crippen LogP contribution in [0.5, 0.6) is 5.75 Å². The highest BCUT2D eigenvalue weighted by Crippen LogP contribution is 2.44. The summed E-state index contributed by atoms with van der Waals surface area (Å²) in [5.41, 5.74) is 0.442. The van der Waals surface area contributed by atoms with Gasteiger partial charge in [-0.25, -0.2) is 0 Å². The van der Waals surface area contributed by atoms with Crippen molar-refractivity contribution >= 4 is 51.4 Å². The molecule has 1 heterocycles. The Balaban J connectivity index is 2.71. The Labute approximate surface area is 99.8 Å². The van der Waals surface area contributed by atoms with E-state index >= 15 is 0 Å². The molecule has 0 atom stereocenters. The van der Waals surface area contributed by atoms with Gasteiger partial charge in [-0.3, -0.25) is 9.78 Å². The number of halogens is 4. The van der Waals surface area contributed by atoms with Crippen LogP contribution in [0, 0.1) is 0 Å². The fourth-order valence-corrected chi connectivity index (χ4v) is 1.82. The topological polar surface area (TPSA) is 18.5 Å². The quantitative estimate of drug-likeness (QED) is 0.651. The third kappa shape index (κ3) is 1.52. The second-order valence-electron chi connectivity index (χ2n) is 2.49. The first-order chi connectivity index (χ1) is 6.61. The lowest BCUT2D eigenvalue weighted by Gasteiger charge is -2.17. The summed E-state index contributed by atoms with van der Waals surface area (Å²) < 4.78 is 0. The van der Waals surface area contributed by atoms with E-state index in [1.807, 2.05) is 0 Å². The average Bonchev–Trinajstić information content (AvgIpc) is 2.17. The minimum atomic E-state index is -0.0664. The second-order valence-corrected chi connectivity index (χ2v) is 4.00. The highest BCUT2D eigenvalue weighted by Gasteiger charge is 2.24. The van der Waals surface area contributed by atoms with Crippen LogP contribution >= 0.6 is 46.4 Å². The summed E-state index contributed by atoms with van der Waals surface area (Å²) in [6.07, 6.45) is 0. The Hall–Kier alpha value is -0.280. The molecule has 0 amide bonds. The molecule has 1 aromatic carbocycles. The van der Waals surface area contributed by atoms with Crippen LogP contribution in [0.2, 0.25) is 10.0 Å². The van der Waals surface area contributed by atoms with E-state index in [-0.39, 0.29) is 15.3 Å². The van der Waals surface area contributed by atoms with Gasteiger partial charge in [-0.1, -0.05) is 34.8 Å². The van der Waals surface area contributed by atoms with Crippen molar-refractivity contribution in [1.29, 1.82) is 0 Å². The van der Waals surface area contributed by atoms with Crippen LogP contribution in [0.15, 0.2) is 17.4 Å². The van der Waals surface area contributed by atoms with Crippen LogP contribution < -0.4 is 4.89 Å². The summed E-state index contributed by atoms with van der Waals surface area (Å²) >= 11 is 23.2. The third-order valence-corrected chi connectivity index (χ3v) is 3.17. The summed E-state index contributed by atoms with van der Waals surface area (Å²) in [5, 5.41) is 0.776. The lowest BCUT2D eigenvalue weighted by Crippen LogP contribution is -2.04. The monoisotopic (exact) mass is 270 g/mol. The molecule has 2 nitrogen and oxygen atoms in total. The highest BCUT2D eigenvalue weighted by atomic mass is 35.5. The fraction of sp³-hybridized carbons (Fsp3) is 0. The zero-order valence-corrected chi connectivity index (χ0v) is 9.51. The van der Waals surface area contributed by atoms with Gasteiger partial charge in [0.05, 0.1) is 15.6 Å². The Morgan fingerprint density at radius 1 is 0.929 bits per heavy atom. The van der Waals surface area contributed by atoms with Crippen molar-refractivity contribution in [2.45, 2.75) is 0 Å². The molecule has 1 aromatic rings. The van der Waals surface area contributed by atoms with Crippen molar-refractivity contribution in [3.63, 3.8) is 0 Å². The molecule has 74 valence electrons. The molecule has 0 spiro atoms. The number of benzene rings is 1. The molecule has 14 heavy (non-hydrogen) atoms. The van der Waals surface area contributed by atoms with Gasteiger partial charge in [0, 0.05) is 0 Å². The van der Waals surface area contributed by atoms with E-state index < -0.39 is 0 Å². The Kier molecular flexibility index (Phi) is 2.71. The van der Waals surface area contributed by atoms with Gasteiger partial charge in [-0.2, -0.15) is 0 Å². The van der Waals surface area contributed by atoms with Gasteiger partial charge in [0.1, 0.15) is 5.03 Å². The lowest BCUT2D eigenvalue weighted by molar-refractivity contribution is -0.158. The fourth-order valence-electron chi connectivity index (χ4n) is 1.02. The smallest absolute Gasteiger partial charge is 0.264 e. The zero-order chi connectivity index (χ0) is 10.3. The standard InChI is InChI=1S/C8H2Cl4O2/c9-3-1-2-4-5(6(3)10)7(11)8(12)14-13-4/h1-2H. The van der Waals surface area contributed by atoms with Crippen molar-refractivity contribution in [3.05, 3.63) is 33.0 Å². The predicted molar refractivity (Wildman–Crippen MR) is 56.8 cm³/mol. The number of rotatable bonds is 0. The molecule has 6 heteroatoms. The van der Waals surface area contributed by atoms with Crippen LogP contribution in [0.4, 0.5) is 0 Å². The van der Waals surface area contributed by atoms with Crippen molar-refractivity contribution in [3.8, 4) is 5.75 Å². The summed E-state index contributed by atoms with van der Waals surface area (Å²) in [6.45, 7) is 0. The van der Waals surface area contributed by atoms with E-state index in [0.29, 0.717) is 16.3 Å². The molecule has 0 N–H and O–H groups in total. The molecule has 0 saturated heterocycles. The summed E-state index contributed by atoms with van der Waals surface area (Å²) in [4.78, 5) is 9.45. The Morgan fingerprint density at radius 2 is 1.64 bits per heavy atom. The number of hydrogen-bond acceptors (Lipinski definition) is 2. The molecule has 1 aliphatic heterocycles. The van der Waals surface area contributed by atoms with E-state index in [9.17, 15) is 0 Å². The van der Waals surface area contributed by atoms with Crippen molar-refractivity contribution in [1.82, 2.24) is 0 Å². The van der Waals surface area contributed by atoms with Crippen LogP contribution in [0.25, 0.3) is 5.03 Å². The highest BCUT2D eigenvalue weighted by molar-refractivity contribution is 6.56. The van der Waals surface area contributed by atoms with Gasteiger partial charge in [-0.15, -0.1) is 0 Å². The molecular weight excluding hydrogens is 270 g/mol. The van der Waals surface area contributed by atoms with Crippen LogP contribution in [0.3, 0.4) is 0 Å². The van der Waals surface area contributed by atoms with Gasteiger partial charge < -0.3 is 0 Å². The molecule has 0 radical (unpaired) electrons. The van der Waals surface area contributed by atoms with Crippen LogP contribution in [0.1, 0.15) is 5.56 Å². The van der Waals surface area contributed by atoms with Gasteiger partial charge in [0.15, 0.2) is 5.75 Å². The lowest BCUT2D eigenvalue weighted by atomic mass is 10.2. The molecule has 0 saturated carbocycles. The first-order valence-electron chi connectivity index (χ1n) is 3.49. The maximum Gasteiger partial charge on any atom is 0.264 e. The SMILES string of the molecule is ClC1=C(Cl)c2c(ccc(Cl)c2Cl)OO1. The predicted octanol–water partition coefficient (Wildman–Crippen LogP) is 4.42. The summed E-state index contributed by atoms with van der Waals surface area (Å²) in [6, 6.07) is 3.17. The van der Waals surface area contributed by atoms with E-state index in [2.05, 4.69) is 4.89 Å². The van der Waals surface area contributed by atoms with Gasteiger partial charge >= 0.3 is 0 Å². The first-order valence-corrected chi connectivity index (χ1v) is 5.00. The maximum atomic E-state index is 5.93. The van der Waals surface area contributed by atoms with Crippen molar-refractivity contribution in [2.75, 3.05) is 0 Å². The third-order valence-electron chi connectivity index (χ3n) is 1.65. The Bertz CT molecular complexity index is 428. The van der Waals surface area contributed by atoms with Crippen molar-refractivity contribution in [2.24, 2.45) is 0 Å². The largest absolute Gasteiger partial charge is 0.288 e. The maximum absolute atomic E-state index is 5.93. The van der Waals surface area contributed by atoms with E-state index in [1.54, 1.807) is 12.1 Å². The second kappa shape index (κ2) is 3.70. The molecule has 0 fully saturated rings. The normalized spacial score (nSPS) is 14.6. The van der Waals surface area contributed by atoms with Gasteiger partial charge in [0.25, 0.3) is 5.22 Å². The molecule has 2 rings (SSSR count). The first kappa shape index (κ1) is 10.2. The minimum absolute atomic E-state index is 0.0664. The van der Waals surface area contributed by atoms with E-state index in [4.69, 9.17) is 51.3 Å². The zero-order valence-electron chi connectivity index (χ0n) is 6.48. The van der Waals surface area contributed by atoms with E-state index in [0.717, 1.165) is 0 Å². The molecule has 0 bridgehead atoms. The van der Waals surface area contributed by atoms with Crippen LogP contribution in [-0.2, 0) is 4.89 Å².